The lowest BCUT2D eigenvalue weighted by Crippen LogP contribution is -2.46. The Balaban J connectivity index is 1.48. The third-order valence-corrected chi connectivity index (χ3v) is 12.2. The van der Waals surface area contributed by atoms with E-state index in [1.807, 2.05) is 13.8 Å². The van der Waals surface area contributed by atoms with Crippen LogP contribution >= 0.6 is 35.2 Å². The Hall–Kier alpha value is -2.48. The maximum atomic E-state index is 12.7. The van der Waals surface area contributed by atoms with Gasteiger partial charge in [-0.1, -0.05) is 39.5 Å². The molecule has 2 aromatic rings. The van der Waals surface area contributed by atoms with E-state index >= 15 is 0 Å². The highest BCUT2D eigenvalue weighted by atomic mass is 32.2. The second-order valence-electron chi connectivity index (χ2n) is 13.7. The number of aliphatic hydroxyl groups is 2. The molecule has 57 heavy (non-hydrogen) atoms. The van der Waals surface area contributed by atoms with Crippen LogP contribution in [0.4, 0.5) is 5.82 Å². The van der Waals surface area contributed by atoms with Gasteiger partial charge in [-0.25, -0.2) is 28.6 Å². The molecule has 2 aromatic heterocycles. The third kappa shape index (κ3) is 14.9. The van der Waals surface area contributed by atoms with Gasteiger partial charge in [0.05, 0.1) is 25.6 Å². The third-order valence-electron chi connectivity index (χ3n) is 8.09. The largest absolute Gasteiger partial charge is 0.481 e. The van der Waals surface area contributed by atoms with E-state index < -0.39 is 84.6 Å². The van der Waals surface area contributed by atoms with Gasteiger partial charge in [-0.2, -0.15) is 4.31 Å². The Kier molecular flexibility index (Phi) is 17.7. The molecule has 3 heterocycles. The van der Waals surface area contributed by atoms with Crippen LogP contribution in [-0.4, -0.2) is 136 Å². The van der Waals surface area contributed by atoms with Crippen molar-refractivity contribution in [3.8, 4) is 0 Å². The van der Waals surface area contributed by atoms with Crippen molar-refractivity contribution >= 4 is 69.1 Å². The number of hydrogen-bond acceptors (Lipinski definition) is 19. The Morgan fingerprint density at radius 2 is 1.72 bits per heavy atom. The summed E-state index contributed by atoms with van der Waals surface area (Å²) in [5.74, 6) is -0.798. The summed E-state index contributed by atoms with van der Waals surface area (Å²) in [4.78, 5) is 88.0. The lowest BCUT2D eigenvalue weighted by Gasteiger charge is -2.30. The number of likely N-dealkylation sites (N-methyl/N-ethyl adjacent to an activating group) is 1. The maximum absolute atomic E-state index is 12.7. The van der Waals surface area contributed by atoms with E-state index in [9.17, 15) is 57.9 Å². The maximum Gasteiger partial charge on any atom is 0.481 e. The van der Waals surface area contributed by atoms with Crippen LogP contribution in [0.5, 0.6) is 0 Å². The molecule has 8 atom stereocenters. The standard InChI is InChI=1S/C28H49N8O17P3S/c1-15(2)10-16(30-5)27(41)57-9-8-31-18(37)6-7-32-25(40)22(39)28(3,4)12-50-56(47,48)53-55(45,46)49-11-17-21(52-54(42,43)44)20(38)26(51-17)36-14-35-19-23(29)33-13-34-24(19)36/h13-17,20-22,26,30,38-39H,6-12H2,1-5H3,(H,31,37)(H,32,40)(H,45,46)(H,47,48)(H2,29,33,34)(H2,42,43,44). The van der Waals surface area contributed by atoms with Gasteiger partial charge in [-0.15, -0.1) is 0 Å². The Morgan fingerprint density at radius 1 is 1.05 bits per heavy atom. The van der Waals surface area contributed by atoms with Crippen LogP contribution < -0.4 is 21.7 Å². The number of phosphoric acid groups is 3. The minimum Gasteiger partial charge on any atom is -0.386 e. The molecule has 8 unspecified atom stereocenters. The van der Waals surface area contributed by atoms with Crippen LogP contribution in [0.1, 0.15) is 46.8 Å². The monoisotopic (exact) mass is 894 g/mol. The summed E-state index contributed by atoms with van der Waals surface area (Å²) in [6, 6.07) is -0.303. The molecule has 1 saturated heterocycles. The van der Waals surface area contributed by atoms with Crippen molar-refractivity contribution in [2.24, 2.45) is 11.3 Å². The molecule has 0 saturated carbocycles. The van der Waals surface area contributed by atoms with E-state index in [0.717, 1.165) is 29.0 Å². The highest BCUT2D eigenvalue weighted by Crippen LogP contribution is 2.61. The smallest absolute Gasteiger partial charge is 0.386 e. The van der Waals surface area contributed by atoms with E-state index in [2.05, 4.69) is 39.7 Å². The molecular formula is C28H49N8O17P3S. The van der Waals surface area contributed by atoms with Gasteiger partial charge in [0.15, 0.2) is 17.7 Å². The number of carbonyl (C=O) groups excluding carboxylic acids is 3. The number of nitrogens with one attached hydrogen (secondary N) is 3. The SMILES string of the molecule is CNC(CC(C)C)C(=O)SCCNC(=O)CCNC(=O)C(O)C(C)(C)COP(=O)(O)OP(=O)(O)OCC1OC(n2cnc3c(N)ncnc32)C(O)C1OP(=O)(O)O. The van der Waals surface area contributed by atoms with Crippen LogP contribution in [0.25, 0.3) is 11.2 Å². The van der Waals surface area contributed by atoms with Crippen molar-refractivity contribution < 1.29 is 80.5 Å². The number of carbonyl (C=O) groups is 3. The second kappa shape index (κ2) is 20.7. The number of nitrogens with two attached hydrogens (primary N) is 1. The summed E-state index contributed by atoms with van der Waals surface area (Å²) in [5, 5.41) is 29.4. The van der Waals surface area contributed by atoms with Crippen LogP contribution in [0, 0.1) is 11.3 Å². The van der Waals surface area contributed by atoms with E-state index in [0.29, 0.717) is 18.1 Å². The van der Waals surface area contributed by atoms with E-state index in [1.54, 1.807) is 7.05 Å². The zero-order chi connectivity index (χ0) is 42.9. The number of phosphoric ester groups is 3. The minimum atomic E-state index is -5.57. The van der Waals surface area contributed by atoms with Gasteiger partial charge in [-0.05, 0) is 19.4 Å². The molecule has 2 amide bonds. The number of nitrogen functional groups attached to an aromatic ring is 1. The number of thioether (sulfide) groups is 1. The quantitative estimate of drug-likeness (QED) is 0.0487. The molecule has 29 heteroatoms. The molecule has 324 valence electrons. The number of aromatic nitrogens is 4. The molecule has 0 aliphatic carbocycles. The fourth-order valence-electron chi connectivity index (χ4n) is 5.19. The van der Waals surface area contributed by atoms with Gasteiger partial charge in [0.1, 0.15) is 36.3 Å². The Morgan fingerprint density at radius 3 is 2.35 bits per heavy atom. The molecule has 0 radical (unpaired) electrons. The predicted molar refractivity (Wildman–Crippen MR) is 199 cm³/mol. The molecule has 3 rings (SSSR count). The molecule has 25 nitrogen and oxygen atoms in total. The summed E-state index contributed by atoms with van der Waals surface area (Å²) in [5.41, 5.74) is 4.26. The molecule has 1 fully saturated rings. The normalized spacial score (nSPS) is 22.2. The van der Waals surface area contributed by atoms with E-state index in [1.165, 1.54) is 13.8 Å². The van der Waals surface area contributed by atoms with Gasteiger partial charge in [-0.3, -0.25) is 32.5 Å². The minimum absolute atomic E-state index is 0.0302. The van der Waals surface area contributed by atoms with Gasteiger partial charge in [0.25, 0.3) is 0 Å². The van der Waals surface area contributed by atoms with Crippen molar-refractivity contribution in [2.45, 2.75) is 77.2 Å². The van der Waals surface area contributed by atoms with Crippen LogP contribution in [0.3, 0.4) is 0 Å². The molecule has 0 aromatic carbocycles. The summed E-state index contributed by atoms with van der Waals surface area (Å²) in [6.07, 6.45) is -6.25. The fraction of sp³-hybridized carbons (Fsp3) is 0.714. The first-order chi connectivity index (χ1) is 26.4. The predicted octanol–water partition coefficient (Wildman–Crippen LogP) is -0.701. The number of hydrogen-bond donors (Lipinski definition) is 10. The summed E-state index contributed by atoms with van der Waals surface area (Å²) >= 11 is 1.08. The Bertz CT molecular complexity index is 1850. The average molecular weight is 895 g/mol. The number of rotatable bonds is 23. The first kappa shape index (κ1) is 48.9. The zero-order valence-corrected chi connectivity index (χ0v) is 34.9. The van der Waals surface area contributed by atoms with Gasteiger partial charge < -0.3 is 56.2 Å². The van der Waals surface area contributed by atoms with Crippen molar-refractivity contribution in [3.63, 3.8) is 0 Å². The zero-order valence-electron chi connectivity index (χ0n) is 31.4. The van der Waals surface area contributed by atoms with Gasteiger partial charge in [0, 0.05) is 30.7 Å². The lowest BCUT2D eigenvalue weighted by atomic mass is 9.87. The van der Waals surface area contributed by atoms with Crippen molar-refractivity contribution in [2.75, 3.05) is 44.8 Å². The van der Waals surface area contributed by atoms with Crippen LogP contribution in [0.15, 0.2) is 12.7 Å². The lowest BCUT2D eigenvalue weighted by molar-refractivity contribution is -0.137. The van der Waals surface area contributed by atoms with Crippen LogP contribution in [0.2, 0.25) is 0 Å². The first-order valence-electron chi connectivity index (χ1n) is 17.1. The number of ether oxygens (including phenoxy) is 1. The first-order valence-corrected chi connectivity index (χ1v) is 22.6. The number of amides is 2. The highest BCUT2D eigenvalue weighted by Gasteiger charge is 2.50. The second-order valence-corrected chi connectivity index (χ2v) is 19.0. The number of anilines is 1. The van der Waals surface area contributed by atoms with Crippen molar-refractivity contribution in [3.05, 3.63) is 12.7 Å². The van der Waals surface area contributed by atoms with Gasteiger partial charge >= 0.3 is 23.5 Å². The summed E-state index contributed by atoms with van der Waals surface area (Å²) < 4.78 is 62.1. The topological polar surface area (TPSA) is 376 Å². The van der Waals surface area contributed by atoms with Crippen LogP contribution in [-0.2, 0) is 50.7 Å². The van der Waals surface area contributed by atoms with Crippen molar-refractivity contribution in [1.29, 1.82) is 0 Å². The molecule has 0 spiro atoms. The molecule has 11 N–H and O–H groups in total. The number of fused-ring (bicyclic) bond motifs is 1. The summed E-state index contributed by atoms with van der Waals surface area (Å²) in [6.45, 7) is 4.49. The molecule has 0 bridgehead atoms. The number of aliphatic hydroxyl groups excluding tert-OH is 2. The Labute approximate surface area is 330 Å². The van der Waals surface area contributed by atoms with E-state index in [4.69, 9.17) is 19.5 Å². The van der Waals surface area contributed by atoms with Gasteiger partial charge in [0.2, 0.25) is 16.9 Å². The fourth-order valence-corrected chi connectivity index (χ4v) is 8.84. The highest BCUT2D eigenvalue weighted by molar-refractivity contribution is 8.13. The summed E-state index contributed by atoms with van der Waals surface area (Å²) in [7, 11) is -14.7. The molecular weight excluding hydrogens is 845 g/mol. The van der Waals surface area contributed by atoms with Crippen molar-refractivity contribution in [1.82, 2.24) is 35.5 Å². The van der Waals surface area contributed by atoms with E-state index in [-0.39, 0.29) is 47.6 Å². The number of nitrogens with zero attached hydrogens (tertiary/aromatic N) is 4. The molecule has 1 aliphatic rings. The molecule has 1 aliphatic heterocycles. The average Bonchev–Trinajstić information content (AvgIpc) is 3.66. The number of imidazole rings is 1.